The first-order valence-electron chi connectivity index (χ1n) is 7.03. The molecule has 19 heavy (non-hydrogen) atoms. The Hall–Kier alpha value is -0.940. The van der Waals surface area contributed by atoms with E-state index in [2.05, 4.69) is 43.2 Å². The van der Waals surface area contributed by atoms with Gasteiger partial charge in [-0.1, -0.05) is 32.9 Å². The highest BCUT2D eigenvalue weighted by molar-refractivity contribution is 4.97. The van der Waals surface area contributed by atoms with Gasteiger partial charge in [0.15, 0.2) is 0 Å². The molecular weight excluding hydrogens is 242 g/mol. The molecule has 1 heterocycles. The lowest BCUT2D eigenvalue weighted by Gasteiger charge is -2.27. The number of hydrogen-bond donors (Lipinski definition) is 1. The summed E-state index contributed by atoms with van der Waals surface area (Å²) >= 11 is 0. The Morgan fingerprint density at radius 1 is 1.32 bits per heavy atom. The largest absolute Gasteiger partial charge is 0.370 e. The number of aromatic nitrogens is 2. The van der Waals surface area contributed by atoms with E-state index in [1.807, 2.05) is 14.0 Å². The Kier molecular flexibility index (Phi) is 5.94. The third-order valence-corrected chi connectivity index (χ3v) is 3.16. The third-order valence-electron chi connectivity index (χ3n) is 3.16. The van der Waals surface area contributed by atoms with Gasteiger partial charge >= 0.3 is 0 Å². The van der Waals surface area contributed by atoms with Crippen molar-refractivity contribution in [1.82, 2.24) is 15.5 Å². The van der Waals surface area contributed by atoms with Gasteiger partial charge in [-0.25, -0.2) is 0 Å². The average Bonchev–Trinajstić information content (AvgIpc) is 2.79. The standard InChI is InChI=1S/C14H27N3O2/c1-7-10(15-6)9-11-16-13(17-19-11)12(18-8-2)14(3,4)5/h10,12,15H,7-9H2,1-6H3. The molecule has 0 aliphatic heterocycles. The number of nitrogens with one attached hydrogen (secondary N) is 1. The summed E-state index contributed by atoms with van der Waals surface area (Å²) in [5.41, 5.74) is -0.0513. The summed E-state index contributed by atoms with van der Waals surface area (Å²) in [5.74, 6) is 1.32. The zero-order valence-corrected chi connectivity index (χ0v) is 13.0. The van der Waals surface area contributed by atoms with Crippen molar-refractivity contribution in [2.45, 2.75) is 59.6 Å². The summed E-state index contributed by atoms with van der Waals surface area (Å²) in [7, 11) is 1.95. The molecule has 0 saturated heterocycles. The van der Waals surface area contributed by atoms with Crippen LogP contribution >= 0.6 is 0 Å². The minimum atomic E-state index is -0.135. The molecule has 0 fully saturated rings. The van der Waals surface area contributed by atoms with E-state index in [9.17, 15) is 0 Å². The van der Waals surface area contributed by atoms with Crippen molar-refractivity contribution < 1.29 is 9.26 Å². The second kappa shape index (κ2) is 7.01. The minimum Gasteiger partial charge on any atom is -0.370 e. The molecule has 1 rings (SSSR count). The number of hydrogen-bond acceptors (Lipinski definition) is 5. The topological polar surface area (TPSA) is 60.2 Å². The van der Waals surface area contributed by atoms with Gasteiger partial charge in [-0.15, -0.1) is 0 Å². The van der Waals surface area contributed by atoms with Crippen LogP contribution in [-0.2, 0) is 11.2 Å². The summed E-state index contributed by atoms with van der Waals surface area (Å²) in [6, 6.07) is 0.369. The SMILES string of the molecule is CCOC(c1noc(CC(CC)NC)n1)C(C)(C)C. The van der Waals surface area contributed by atoms with E-state index in [1.54, 1.807) is 0 Å². The Morgan fingerprint density at radius 2 is 2.00 bits per heavy atom. The van der Waals surface area contributed by atoms with Gasteiger partial charge in [0.2, 0.25) is 11.7 Å². The van der Waals surface area contributed by atoms with E-state index in [1.165, 1.54) is 0 Å². The van der Waals surface area contributed by atoms with Crippen molar-refractivity contribution in [3.8, 4) is 0 Å². The van der Waals surface area contributed by atoms with Crippen LogP contribution in [0.2, 0.25) is 0 Å². The fourth-order valence-electron chi connectivity index (χ4n) is 2.00. The quantitative estimate of drug-likeness (QED) is 0.824. The zero-order valence-electron chi connectivity index (χ0n) is 13.0. The molecule has 1 aromatic heterocycles. The summed E-state index contributed by atoms with van der Waals surface area (Å²) in [5, 5.41) is 7.32. The molecule has 0 radical (unpaired) electrons. The van der Waals surface area contributed by atoms with Crippen molar-refractivity contribution in [1.29, 1.82) is 0 Å². The van der Waals surface area contributed by atoms with E-state index in [4.69, 9.17) is 9.26 Å². The molecule has 0 bridgehead atoms. The maximum absolute atomic E-state index is 5.76. The van der Waals surface area contributed by atoms with Gasteiger partial charge in [-0.05, 0) is 25.8 Å². The van der Waals surface area contributed by atoms with Gasteiger partial charge < -0.3 is 14.6 Å². The molecule has 110 valence electrons. The predicted molar refractivity (Wildman–Crippen MR) is 75.0 cm³/mol. The van der Waals surface area contributed by atoms with Crippen LogP contribution in [0, 0.1) is 5.41 Å². The van der Waals surface area contributed by atoms with Crippen LogP contribution in [0.4, 0.5) is 0 Å². The van der Waals surface area contributed by atoms with Crippen molar-refractivity contribution in [2.24, 2.45) is 5.41 Å². The monoisotopic (exact) mass is 269 g/mol. The van der Waals surface area contributed by atoms with Crippen LogP contribution in [0.25, 0.3) is 0 Å². The molecule has 0 aromatic carbocycles. The Bertz CT molecular complexity index is 367. The van der Waals surface area contributed by atoms with Crippen molar-refractivity contribution in [3.05, 3.63) is 11.7 Å². The van der Waals surface area contributed by atoms with Crippen molar-refractivity contribution >= 4 is 0 Å². The first-order valence-corrected chi connectivity index (χ1v) is 7.03. The van der Waals surface area contributed by atoms with Crippen LogP contribution in [0.15, 0.2) is 4.52 Å². The Morgan fingerprint density at radius 3 is 2.47 bits per heavy atom. The molecule has 5 nitrogen and oxygen atoms in total. The molecule has 0 aliphatic rings. The van der Waals surface area contributed by atoms with Crippen LogP contribution < -0.4 is 5.32 Å². The molecule has 5 heteroatoms. The Labute approximate surface area is 116 Å². The molecule has 0 saturated carbocycles. The summed E-state index contributed by atoms with van der Waals surface area (Å²) in [6.07, 6.45) is 1.65. The van der Waals surface area contributed by atoms with Gasteiger partial charge in [0.05, 0.1) is 0 Å². The number of ether oxygens (including phenoxy) is 1. The molecule has 1 aromatic rings. The highest BCUT2D eigenvalue weighted by Gasteiger charge is 2.31. The minimum absolute atomic E-state index is 0.0513. The molecule has 1 N–H and O–H groups in total. The van der Waals surface area contributed by atoms with Crippen LogP contribution in [0.5, 0.6) is 0 Å². The van der Waals surface area contributed by atoms with Gasteiger partial charge in [-0.2, -0.15) is 4.98 Å². The van der Waals surface area contributed by atoms with E-state index >= 15 is 0 Å². The lowest BCUT2D eigenvalue weighted by atomic mass is 9.88. The number of nitrogens with zero attached hydrogens (tertiary/aromatic N) is 2. The highest BCUT2D eigenvalue weighted by atomic mass is 16.5. The van der Waals surface area contributed by atoms with Crippen LogP contribution in [0.3, 0.4) is 0 Å². The van der Waals surface area contributed by atoms with Gasteiger partial charge in [0, 0.05) is 19.1 Å². The van der Waals surface area contributed by atoms with Crippen molar-refractivity contribution in [2.75, 3.05) is 13.7 Å². The molecule has 0 amide bonds. The number of rotatable bonds is 7. The number of likely N-dealkylation sites (N-methyl/N-ethyl adjacent to an activating group) is 1. The van der Waals surface area contributed by atoms with Gasteiger partial charge in [0.1, 0.15) is 6.10 Å². The van der Waals surface area contributed by atoms with Gasteiger partial charge in [-0.3, -0.25) is 0 Å². The molecule has 2 unspecified atom stereocenters. The summed E-state index contributed by atoms with van der Waals surface area (Å²) in [6.45, 7) is 11.1. The zero-order chi connectivity index (χ0) is 14.5. The highest BCUT2D eigenvalue weighted by Crippen LogP contribution is 2.34. The van der Waals surface area contributed by atoms with E-state index < -0.39 is 0 Å². The lowest BCUT2D eigenvalue weighted by Crippen LogP contribution is -2.26. The van der Waals surface area contributed by atoms with E-state index in [0.29, 0.717) is 24.4 Å². The second-order valence-corrected chi connectivity index (χ2v) is 5.85. The third kappa shape index (κ3) is 4.58. The van der Waals surface area contributed by atoms with E-state index in [0.717, 1.165) is 12.8 Å². The molecule has 0 aliphatic carbocycles. The average molecular weight is 269 g/mol. The second-order valence-electron chi connectivity index (χ2n) is 5.85. The first-order chi connectivity index (χ1) is 8.92. The van der Waals surface area contributed by atoms with E-state index in [-0.39, 0.29) is 11.5 Å². The summed E-state index contributed by atoms with van der Waals surface area (Å²) < 4.78 is 11.1. The Balaban J connectivity index is 2.81. The van der Waals surface area contributed by atoms with Crippen LogP contribution in [0.1, 0.15) is 58.9 Å². The first kappa shape index (κ1) is 16.1. The fraction of sp³-hybridized carbons (Fsp3) is 0.857. The van der Waals surface area contributed by atoms with Crippen molar-refractivity contribution in [3.63, 3.8) is 0 Å². The van der Waals surface area contributed by atoms with Crippen LogP contribution in [-0.4, -0.2) is 29.8 Å². The maximum atomic E-state index is 5.76. The molecule has 2 atom stereocenters. The lowest BCUT2D eigenvalue weighted by molar-refractivity contribution is -0.0203. The smallest absolute Gasteiger partial charge is 0.228 e. The maximum Gasteiger partial charge on any atom is 0.228 e. The summed E-state index contributed by atoms with van der Waals surface area (Å²) in [4.78, 5) is 4.49. The molecule has 0 spiro atoms. The normalized spacial score (nSPS) is 15.5. The predicted octanol–water partition coefficient (Wildman–Crippen LogP) is 2.73. The van der Waals surface area contributed by atoms with Gasteiger partial charge in [0.25, 0.3) is 0 Å². The fourth-order valence-corrected chi connectivity index (χ4v) is 2.00. The molecular formula is C14H27N3O2.